The molecule has 0 rings (SSSR count). The number of aliphatic hydroxyl groups is 2. The van der Waals surface area contributed by atoms with Gasteiger partial charge in [-0.3, -0.25) is 0 Å². The maximum Gasteiger partial charge on any atom is 0.278 e. The Labute approximate surface area is 87.1 Å². The lowest BCUT2D eigenvalue weighted by molar-refractivity contribution is -0.380. The van der Waals surface area contributed by atoms with Gasteiger partial charge in [0.15, 0.2) is 0 Å². The Kier molecular flexibility index (Phi) is 5.64. The van der Waals surface area contributed by atoms with E-state index in [1.807, 2.05) is 27.7 Å². The van der Waals surface area contributed by atoms with Gasteiger partial charge in [0.2, 0.25) is 0 Å². The Balaban J connectivity index is 4.41. The van der Waals surface area contributed by atoms with Crippen molar-refractivity contribution in [1.82, 2.24) is 0 Å². The van der Waals surface area contributed by atoms with Crippen LogP contribution >= 0.6 is 0 Å². The zero-order valence-corrected chi connectivity index (χ0v) is 9.84. The summed E-state index contributed by atoms with van der Waals surface area (Å²) in [6.07, 6.45) is 3.35. The van der Waals surface area contributed by atoms with Gasteiger partial charge in [0, 0.05) is 6.42 Å². The molecule has 0 atom stereocenters. The highest BCUT2D eigenvalue weighted by atomic mass is 16.8. The van der Waals surface area contributed by atoms with Crippen molar-refractivity contribution in [2.75, 3.05) is 0 Å². The molecule has 0 saturated heterocycles. The molecule has 0 aromatic carbocycles. The van der Waals surface area contributed by atoms with E-state index >= 15 is 0 Å². The quantitative estimate of drug-likeness (QED) is 0.626. The standard InChI is InChI=1S/C11H24O3/c1-5-9-11(12,13)14-10(6-2,7-3)8-4/h12-13H,5-9H2,1-4H3. The van der Waals surface area contributed by atoms with Gasteiger partial charge in [-0.15, -0.1) is 0 Å². The predicted molar refractivity (Wildman–Crippen MR) is 56.8 cm³/mol. The number of ether oxygens (including phenoxy) is 1. The molecule has 2 N–H and O–H groups in total. The molecule has 3 heteroatoms. The molecular formula is C11H24O3. The molecule has 3 nitrogen and oxygen atoms in total. The van der Waals surface area contributed by atoms with Gasteiger partial charge in [0.25, 0.3) is 5.97 Å². The maximum absolute atomic E-state index is 9.58. The van der Waals surface area contributed by atoms with Crippen LogP contribution in [-0.2, 0) is 4.74 Å². The Morgan fingerprint density at radius 2 is 1.36 bits per heavy atom. The second-order valence-electron chi connectivity index (χ2n) is 3.84. The average Bonchev–Trinajstić information content (AvgIpc) is 2.14. The van der Waals surface area contributed by atoms with E-state index in [1.54, 1.807) is 0 Å². The van der Waals surface area contributed by atoms with Gasteiger partial charge < -0.3 is 14.9 Å². The molecule has 0 aliphatic heterocycles. The van der Waals surface area contributed by atoms with Crippen molar-refractivity contribution in [1.29, 1.82) is 0 Å². The van der Waals surface area contributed by atoms with Crippen LogP contribution in [0.15, 0.2) is 0 Å². The predicted octanol–water partition coefficient (Wildman–Crippen LogP) is 2.41. The monoisotopic (exact) mass is 204 g/mol. The summed E-state index contributed by atoms with van der Waals surface area (Å²) < 4.78 is 5.42. The number of hydrogen-bond donors (Lipinski definition) is 2. The summed E-state index contributed by atoms with van der Waals surface area (Å²) in [6.45, 7) is 7.93. The molecule has 0 saturated carbocycles. The van der Waals surface area contributed by atoms with Gasteiger partial charge in [-0.05, 0) is 25.7 Å². The third-order valence-corrected chi connectivity index (χ3v) is 2.89. The molecule has 0 fully saturated rings. The molecule has 0 aliphatic carbocycles. The summed E-state index contributed by atoms with van der Waals surface area (Å²) in [5.41, 5.74) is -0.390. The lowest BCUT2D eigenvalue weighted by Gasteiger charge is -2.37. The Bertz CT molecular complexity index is 142. The van der Waals surface area contributed by atoms with E-state index in [0.717, 1.165) is 19.3 Å². The lowest BCUT2D eigenvalue weighted by atomic mass is 9.94. The van der Waals surface area contributed by atoms with Crippen LogP contribution in [0, 0.1) is 0 Å². The fraction of sp³-hybridized carbons (Fsp3) is 1.00. The highest BCUT2D eigenvalue weighted by Crippen LogP contribution is 2.30. The van der Waals surface area contributed by atoms with Gasteiger partial charge in [0.05, 0.1) is 5.60 Å². The van der Waals surface area contributed by atoms with Gasteiger partial charge >= 0.3 is 0 Å². The third-order valence-electron chi connectivity index (χ3n) is 2.89. The molecule has 0 aliphatic rings. The molecule has 0 spiro atoms. The zero-order chi connectivity index (χ0) is 11.2. The van der Waals surface area contributed by atoms with E-state index in [0.29, 0.717) is 6.42 Å². The van der Waals surface area contributed by atoms with E-state index in [2.05, 4.69) is 0 Å². The van der Waals surface area contributed by atoms with Crippen LogP contribution in [0.3, 0.4) is 0 Å². The Morgan fingerprint density at radius 1 is 0.929 bits per heavy atom. The van der Waals surface area contributed by atoms with Crippen molar-refractivity contribution in [3.63, 3.8) is 0 Å². The van der Waals surface area contributed by atoms with E-state index < -0.39 is 11.6 Å². The van der Waals surface area contributed by atoms with Crippen LogP contribution in [0.5, 0.6) is 0 Å². The van der Waals surface area contributed by atoms with Crippen LogP contribution in [0.2, 0.25) is 0 Å². The van der Waals surface area contributed by atoms with Crippen LogP contribution < -0.4 is 0 Å². The summed E-state index contributed by atoms with van der Waals surface area (Å²) >= 11 is 0. The van der Waals surface area contributed by atoms with E-state index in [1.165, 1.54) is 0 Å². The summed E-state index contributed by atoms with van der Waals surface area (Å²) in [5.74, 6) is -1.96. The first kappa shape index (κ1) is 13.9. The zero-order valence-electron chi connectivity index (χ0n) is 9.84. The molecule has 14 heavy (non-hydrogen) atoms. The molecule has 0 amide bonds. The van der Waals surface area contributed by atoms with Gasteiger partial charge in [0.1, 0.15) is 0 Å². The van der Waals surface area contributed by atoms with Crippen molar-refractivity contribution in [3.05, 3.63) is 0 Å². The van der Waals surface area contributed by atoms with E-state index in [9.17, 15) is 10.2 Å². The first-order chi connectivity index (χ1) is 6.45. The fourth-order valence-corrected chi connectivity index (χ4v) is 1.69. The average molecular weight is 204 g/mol. The second kappa shape index (κ2) is 5.69. The van der Waals surface area contributed by atoms with Crippen molar-refractivity contribution < 1.29 is 14.9 Å². The highest BCUT2D eigenvalue weighted by molar-refractivity contribution is 4.77. The summed E-state index contributed by atoms with van der Waals surface area (Å²) in [5, 5.41) is 19.2. The van der Waals surface area contributed by atoms with Crippen molar-refractivity contribution in [3.8, 4) is 0 Å². The Hall–Kier alpha value is -0.120. The first-order valence-electron chi connectivity index (χ1n) is 5.60. The summed E-state index contributed by atoms with van der Waals surface area (Å²) in [7, 11) is 0. The molecule has 0 heterocycles. The minimum atomic E-state index is -1.96. The minimum Gasteiger partial charge on any atom is -0.343 e. The number of rotatable bonds is 7. The largest absolute Gasteiger partial charge is 0.343 e. The second-order valence-corrected chi connectivity index (χ2v) is 3.84. The maximum atomic E-state index is 9.58. The van der Waals surface area contributed by atoms with Gasteiger partial charge in [-0.1, -0.05) is 27.7 Å². The molecule has 86 valence electrons. The molecule has 0 aromatic rings. The smallest absolute Gasteiger partial charge is 0.278 e. The topological polar surface area (TPSA) is 49.7 Å². The lowest BCUT2D eigenvalue weighted by Crippen LogP contribution is -2.43. The van der Waals surface area contributed by atoms with Gasteiger partial charge in [-0.2, -0.15) is 0 Å². The molecule has 0 radical (unpaired) electrons. The molecule has 0 unspecified atom stereocenters. The van der Waals surface area contributed by atoms with Crippen molar-refractivity contribution in [2.24, 2.45) is 0 Å². The van der Waals surface area contributed by atoms with Crippen molar-refractivity contribution in [2.45, 2.75) is 71.4 Å². The van der Waals surface area contributed by atoms with Crippen LogP contribution in [-0.4, -0.2) is 21.8 Å². The third kappa shape index (κ3) is 3.95. The molecular weight excluding hydrogens is 180 g/mol. The van der Waals surface area contributed by atoms with Crippen LogP contribution in [0.25, 0.3) is 0 Å². The normalized spacial score (nSPS) is 13.3. The fourth-order valence-electron chi connectivity index (χ4n) is 1.69. The van der Waals surface area contributed by atoms with E-state index in [-0.39, 0.29) is 6.42 Å². The van der Waals surface area contributed by atoms with Crippen molar-refractivity contribution >= 4 is 0 Å². The first-order valence-corrected chi connectivity index (χ1v) is 5.60. The summed E-state index contributed by atoms with van der Waals surface area (Å²) in [4.78, 5) is 0. The molecule has 0 bridgehead atoms. The highest BCUT2D eigenvalue weighted by Gasteiger charge is 2.35. The van der Waals surface area contributed by atoms with Gasteiger partial charge in [-0.25, -0.2) is 0 Å². The SMILES string of the molecule is CCCC(O)(O)OC(CC)(CC)CC. The number of hydrogen-bond acceptors (Lipinski definition) is 3. The van der Waals surface area contributed by atoms with E-state index in [4.69, 9.17) is 4.74 Å². The Morgan fingerprint density at radius 3 is 1.64 bits per heavy atom. The minimum absolute atomic E-state index is 0.259. The molecule has 0 aromatic heterocycles. The van der Waals surface area contributed by atoms with Crippen LogP contribution in [0.4, 0.5) is 0 Å². The summed E-state index contributed by atoms with van der Waals surface area (Å²) in [6, 6.07) is 0. The van der Waals surface area contributed by atoms with Crippen LogP contribution in [0.1, 0.15) is 59.8 Å².